The number of furan rings is 1. The largest absolute Gasteiger partial charge is 0.472 e. The van der Waals surface area contributed by atoms with Crippen molar-refractivity contribution >= 4 is 5.91 Å². The van der Waals surface area contributed by atoms with Crippen molar-refractivity contribution in [2.24, 2.45) is 0 Å². The van der Waals surface area contributed by atoms with Gasteiger partial charge in [0, 0.05) is 6.54 Å². The Bertz CT molecular complexity index is 241. The molecule has 0 aliphatic carbocycles. The van der Waals surface area contributed by atoms with Crippen molar-refractivity contribution in [3.8, 4) is 0 Å². The van der Waals surface area contributed by atoms with Crippen LogP contribution >= 0.6 is 0 Å². The minimum absolute atomic E-state index is 0.232. The van der Waals surface area contributed by atoms with Crippen molar-refractivity contribution in [1.29, 1.82) is 0 Å². The molecule has 0 fully saturated rings. The van der Waals surface area contributed by atoms with Gasteiger partial charge in [-0.1, -0.05) is 0 Å². The Balaban J connectivity index is 2.40. The SMILES string of the molecule is CC(O)CNC(=O)c1ccoc1. The molecule has 0 aliphatic heterocycles. The zero-order valence-electron chi connectivity index (χ0n) is 6.78. The number of amides is 1. The van der Waals surface area contributed by atoms with Gasteiger partial charge in [-0.3, -0.25) is 4.79 Å². The summed E-state index contributed by atoms with van der Waals surface area (Å²) < 4.78 is 4.72. The topological polar surface area (TPSA) is 62.5 Å². The molecule has 1 rings (SSSR count). The third-order valence-corrected chi connectivity index (χ3v) is 1.34. The quantitative estimate of drug-likeness (QED) is 0.688. The van der Waals surface area contributed by atoms with Crippen LogP contribution in [0, 0.1) is 0 Å². The monoisotopic (exact) mass is 169 g/mol. The van der Waals surface area contributed by atoms with Gasteiger partial charge in [0.2, 0.25) is 0 Å². The highest BCUT2D eigenvalue weighted by molar-refractivity contribution is 5.93. The van der Waals surface area contributed by atoms with E-state index >= 15 is 0 Å². The standard InChI is InChI=1S/C8H11NO3/c1-6(10)4-9-8(11)7-2-3-12-5-7/h2-3,5-6,10H,4H2,1H3,(H,9,11). The Kier molecular flexibility index (Phi) is 2.88. The molecule has 66 valence electrons. The zero-order chi connectivity index (χ0) is 8.97. The van der Waals surface area contributed by atoms with E-state index in [0.29, 0.717) is 5.56 Å². The molecule has 1 atom stereocenters. The lowest BCUT2D eigenvalue weighted by Gasteiger charge is -2.04. The van der Waals surface area contributed by atoms with Crippen LogP contribution in [0.4, 0.5) is 0 Å². The predicted octanol–water partition coefficient (Wildman–Crippen LogP) is 0.390. The summed E-state index contributed by atoms with van der Waals surface area (Å²) in [5, 5.41) is 11.4. The molecule has 1 unspecified atom stereocenters. The van der Waals surface area contributed by atoms with Crippen molar-refractivity contribution < 1.29 is 14.3 Å². The van der Waals surface area contributed by atoms with Crippen LogP contribution in [-0.2, 0) is 0 Å². The van der Waals surface area contributed by atoms with E-state index in [-0.39, 0.29) is 12.5 Å². The van der Waals surface area contributed by atoms with E-state index in [4.69, 9.17) is 9.52 Å². The van der Waals surface area contributed by atoms with E-state index in [0.717, 1.165) is 0 Å². The summed E-state index contributed by atoms with van der Waals surface area (Å²) in [6, 6.07) is 1.57. The molecule has 0 aromatic carbocycles. The van der Waals surface area contributed by atoms with Crippen LogP contribution in [0.5, 0.6) is 0 Å². The first-order chi connectivity index (χ1) is 5.70. The molecule has 2 N–H and O–H groups in total. The van der Waals surface area contributed by atoms with Crippen LogP contribution in [0.3, 0.4) is 0 Å². The Morgan fingerprint density at radius 1 is 1.83 bits per heavy atom. The fourth-order valence-electron chi connectivity index (χ4n) is 0.736. The third-order valence-electron chi connectivity index (χ3n) is 1.34. The Morgan fingerprint density at radius 3 is 3.08 bits per heavy atom. The molecule has 0 spiro atoms. The van der Waals surface area contributed by atoms with Crippen LogP contribution < -0.4 is 5.32 Å². The summed E-state index contributed by atoms with van der Waals surface area (Å²) in [5.74, 6) is -0.232. The molecular weight excluding hydrogens is 158 g/mol. The Hall–Kier alpha value is -1.29. The highest BCUT2D eigenvalue weighted by atomic mass is 16.3. The lowest BCUT2D eigenvalue weighted by atomic mass is 10.3. The second-order valence-electron chi connectivity index (χ2n) is 2.57. The fourth-order valence-corrected chi connectivity index (χ4v) is 0.736. The molecule has 1 aromatic heterocycles. The van der Waals surface area contributed by atoms with Crippen LogP contribution in [-0.4, -0.2) is 23.7 Å². The first-order valence-corrected chi connectivity index (χ1v) is 3.68. The van der Waals surface area contributed by atoms with Crippen LogP contribution in [0.1, 0.15) is 17.3 Å². The molecule has 0 saturated carbocycles. The summed E-state index contributed by atoms with van der Waals surface area (Å²) in [5.41, 5.74) is 0.468. The van der Waals surface area contributed by atoms with Crippen molar-refractivity contribution in [3.05, 3.63) is 24.2 Å². The number of aliphatic hydroxyl groups excluding tert-OH is 1. The van der Waals surface area contributed by atoms with Crippen molar-refractivity contribution in [3.63, 3.8) is 0 Å². The van der Waals surface area contributed by atoms with Crippen molar-refractivity contribution in [2.45, 2.75) is 13.0 Å². The average Bonchev–Trinajstić information content (AvgIpc) is 2.51. The summed E-state index contributed by atoms with van der Waals surface area (Å²) in [6.07, 6.45) is 2.26. The minimum atomic E-state index is -0.527. The second-order valence-corrected chi connectivity index (χ2v) is 2.57. The number of nitrogens with one attached hydrogen (secondary N) is 1. The fraction of sp³-hybridized carbons (Fsp3) is 0.375. The van der Waals surface area contributed by atoms with Gasteiger partial charge < -0.3 is 14.8 Å². The summed E-state index contributed by atoms with van der Waals surface area (Å²) >= 11 is 0. The number of hydrogen-bond acceptors (Lipinski definition) is 3. The first kappa shape index (κ1) is 8.80. The third kappa shape index (κ3) is 2.39. The number of aliphatic hydroxyl groups is 1. The van der Waals surface area contributed by atoms with Crippen molar-refractivity contribution in [1.82, 2.24) is 5.32 Å². The second kappa shape index (κ2) is 3.92. The number of rotatable bonds is 3. The van der Waals surface area contributed by atoms with E-state index < -0.39 is 6.10 Å². The molecule has 0 radical (unpaired) electrons. The highest BCUT2D eigenvalue weighted by Gasteiger charge is 2.06. The Morgan fingerprint density at radius 2 is 2.58 bits per heavy atom. The van der Waals surface area contributed by atoms with Crippen LogP contribution in [0.15, 0.2) is 23.0 Å². The summed E-state index contributed by atoms with van der Waals surface area (Å²) in [6.45, 7) is 1.86. The molecule has 1 amide bonds. The van der Waals surface area contributed by atoms with Gasteiger partial charge in [-0.2, -0.15) is 0 Å². The predicted molar refractivity (Wildman–Crippen MR) is 42.7 cm³/mol. The number of hydrogen-bond donors (Lipinski definition) is 2. The molecule has 0 bridgehead atoms. The maximum atomic E-state index is 11.1. The van der Waals surface area contributed by atoms with E-state index in [1.54, 1.807) is 13.0 Å². The normalized spacial score (nSPS) is 12.5. The zero-order valence-corrected chi connectivity index (χ0v) is 6.78. The van der Waals surface area contributed by atoms with Crippen LogP contribution in [0.25, 0.3) is 0 Å². The van der Waals surface area contributed by atoms with Crippen LogP contribution in [0.2, 0.25) is 0 Å². The van der Waals surface area contributed by atoms with Gasteiger partial charge in [-0.25, -0.2) is 0 Å². The molecule has 4 nitrogen and oxygen atoms in total. The maximum Gasteiger partial charge on any atom is 0.254 e. The van der Waals surface area contributed by atoms with E-state index in [9.17, 15) is 4.79 Å². The average molecular weight is 169 g/mol. The lowest BCUT2D eigenvalue weighted by Crippen LogP contribution is -2.30. The Labute approximate surface area is 70.2 Å². The lowest BCUT2D eigenvalue weighted by molar-refractivity contribution is 0.0923. The van der Waals surface area contributed by atoms with Gasteiger partial charge in [0.15, 0.2) is 0 Å². The van der Waals surface area contributed by atoms with Gasteiger partial charge in [0.25, 0.3) is 5.91 Å². The van der Waals surface area contributed by atoms with Crippen molar-refractivity contribution in [2.75, 3.05) is 6.54 Å². The van der Waals surface area contributed by atoms with Gasteiger partial charge in [-0.15, -0.1) is 0 Å². The molecule has 0 saturated heterocycles. The van der Waals surface area contributed by atoms with Gasteiger partial charge >= 0.3 is 0 Å². The highest BCUT2D eigenvalue weighted by Crippen LogP contribution is 1.98. The van der Waals surface area contributed by atoms with E-state index in [2.05, 4.69) is 5.32 Å². The minimum Gasteiger partial charge on any atom is -0.472 e. The molecule has 1 heterocycles. The van der Waals surface area contributed by atoms with E-state index in [1.165, 1.54) is 12.5 Å². The van der Waals surface area contributed by atoms with E-state index in [1.807, 2.05) is 0 Å². The smallest absolute Gasteiger partial charge is 0.254 e. The molecule has 4 heteroatoms. The summed E-state index contributed by atoms with van der Waals surface area (Å²) in [7, 11) is 0. The summed E-state index contributed by atoms with van der Waals surface area (Å²) in [4.78, 5) is 11.1. The molecular formula is C8H11NO3. The number of carbonyl (C=O) groups is 1. The van der Waals surface area contributed by atoms with Gasteiger partial charge in [0.05, 0.1) is 17.9 Å². The molecule has 0 aliphatic rings. The van der Waals surface area contributed by atoms with Gasteiger partial charge in [0.1, 0.15) is 6.26 Å². The van der Waals surface area contributed by atoms with Gasteiger partial charge in [-0.05, 0) is 13.0 Å². The molecule has 1 aromatic rings. The maximum absolute atomic E-state index is 11.1. The number of carbonyl (C=O) groups excluding carboxylic acids is 1. The molecule has 12 heavy (non-hydrogen) atoms. The first-order valence-electron chi connectivity index (χ1n) is 3.68.